The third-order valence-electron chi connectivity index (χ3n) is 2.31. The number of benzene rings is 1. The third-order valence-corrected chi connectivity index (χ3v) is 3.24. The lowest BCUT2D eigenvalue weighted by Crippen LogP contribution is -2.11. The molecule has 2 heterocycles. The van der Waals surface area contributed by atoms with E-state index in [1.54, 1.807) is 24.4 Å². The predicted octanol–water partition coefficient (Wildman–Crippen LogP) is -0.126. The van der Waals surface area contributed by atoms with Gasteiger partial charge in [-0.2, -0.15) is 0 Å². The summed E-state index contributed by atoms with van der Waals surface area (Å²) in [6.45, 7) is 0. The summed E-state index contributed by atoms with van der Waals surface area (Å²) >= 11 is 0. The van der Waals surface area contributed by atoms with Crippen molar-refractivity contribution >= 4 is 21.2 Å². The third kappa shape index (κ3) is 3.28. The topological polar surface area (TPSA) is 130 Å². The van der Waals surface area contributed by atoms with Crippen LogP contribution in [0.25, 0.3) is 11.2 Å². The summed E-state index contributed by atoms with van der Waals surface area (Å²) in [5.74, 6) is 5.44. The molecule has 3 aromatic rings. The molecule has 0 aliphatic heterocycles. The second-order valence-electron chi connectivity index (χ2n) is 3.74. The minimum absolute atomic E-state index is 0.148. The summed E-state index contributed by atoms with van der Waals surface area (Å²) in [5, 5.41) is 4.83. The lowest BCUT2D eigenvalue weighted by Gasteiger charge is -1.93. The van der Waals surface area contributed by atoms with Crippen LogP contribution in [0.1, 0.15) is 0 Å². The van der Waals surface area contributed by atoms with E-state index in [1.165, 1.54) is 29.5 Å². The predicted molar refractivity (Wildman–Crippen MR) is 73.3 cm³/mol. The van der Waals surface area contributed by atoms with Crippen LogP contribution in [0.2, 0.25) is 0 Å². The lowest BCUT2D eigenvalue weighted by molar-refractivity contribution is 0.598. The van der Waals surface area contributed by atoms with Crippen molar-refractivity contribution in [2.45, 2.75) is 4.90 Å². The first-order valence-electron chi connectivity index (χ1n) is 5.44. The Morgan fingerprint density at radius 1 is 1.10 bits per heavy atom. The van der Waals surface area contributed by atoms with Crippen LogP contribution in [0.4, 0.5) is 0 Å². The number of hydrogen-bond acceptors (Lipinski definition) is 6. The summed E-state index contributed by atoms with van der Waals surface area (Å²) in [5.41, 5.74) is 1.36. The van der Waals surface area contributed by atoms with Gasteiger partial charge in [-0.3, -0.25) is 0 Å². The number of imidazole rings is 1. The Morgan fingerprint density at radius 2 is 1.80 bits per heavy atom. The highest BCUT2D eigenvalue weighted by Crippen LogP contribution is 2.03. The van der Waals surface area contributed by atoms with Gasteiger partial charge >= 0.3 is 0 Å². The Balaban J connectivity index is 0.000000147. The molecule has 3 rings (SSSR count). The summed E-state index contributed by atoms with van der Waals surface area (Å²) in [6.07, 6.45) is 4.55. The van der Waals surface area contributed by atoms with Gasteiger partial charge in [0, 0.05) is 0 Å². The van der Waals surface area contributed by atoms with Crippen LogP contribution in [0.3, 0.4) is 0 Å². The quantitative estimate of drug-likeness (QED) is 0.601. The van der Waals surface area contributed by atoms with Gasteiger partial charge in [-0.25, -0.2) is 33.2 Å². The minimum Gasteiger partial charge on any atom is -0.336 e. The first-order chi connectivity index (χ1) is 9.48. The number of aromatic nitrogens is 4. The van der Waals surface area contributed by atoms with Crippen molar-refractivity contribution in [2.24, 2.45) is 5.14 Å². The SMILES string of the molecule is NS(=O)(=O)c1ccccc1.Nn1cnc2cncnc21. The van der Waals surface area contributed by atoms with Crippen molar-refractivity contribution in [3.05, 3.63) is 49.2 Å². The van der Waals surface area contributed by atoms with Crippen molar-refractivity contribution in [1.82, 2.24) is 19.6 Å². The first-order valence-corrected chi connectivity index (χ1v) is 6.99. The number of nitrogens with zero attached hydrogens (tertiary/aromatic N) is 4. The minimum atomic E-state index is -3.50. The molecule has 0 saturated carbocycles. The molecule has 104 valence electrons. The molecule has 0 amide bonds. The Kier molecular flexibility index (Phi) is 3.91. The van der Waals surface area contributed by atoms with Crippen molar-refractivity contribution in [1.29, 1.82) is 0 Å². The maximum atomic E-state index is 10.6. The monoisotopic (exact) mass is 292 g/mol. The van der Waals surface area contributed by atoms with Gasteiger partial charge in [0.2, 0.25) is 10.0 Å². The molecule has 0 aliphatic carbocycles. The summed E-state index contributed by atoms with van der Waals surface area (Å²) < 4.78 is 22.6. The average Bonchev–Trinajstić information content (AvgIpc) is 2.82. The van der Waals surface area contributed by atoms with E-state index in [2.05, 4.69) is 15.0 Å². The fourth-order valence-corrected chi connectivity index (χ4v) is 1.93. The zero-order valence-electron chi connectivity index (χ0n) is 10.3. The number of sulfonamides is 1. The van der Waals surface area contributed by atoms with Crippen LogP contribution in [-0.2, 0) is 10.0 Å². The van der Waals surface area contributed by atoms with Crippen LogP contribution in [-0.4, -0.2) is 28.0 Å². The standard InChI is InChI=1S/C6H7NO2S.C5H5N5/c7-10(8,9)6-4-2-1-3-5-6;6-10-3-9-4-1-7-2-8-5(4)10/h1-5H,(H2,7,8,9);1-3H,6H2. The summed E-state index contributed by atoms with van der Waals surface area (Å²) in [7, 11) is -3.50. The second kappa shape index (κ2) is 5.63. The van der Waals surface area contributed by atoms with E-state index in [-0.39, 0.29) is 4.90 Å². The lowest BCUT2D eigenvalue weighted by atomic mass is 10.4. The highest BCUT2D eigenvalue weighted by atomic mass is 32.2. The Morgan fingerprint density at radius 3 is 2.35 bits per heavy atom. The molecule has 0 radical (unpaired) electrons. The molecule has 0 fully saturated rings. The van der Waals surface area contributed by atoms with E-state index in [0.29, 0.717) is 11.2 Å². The molecule has 9 heteroatoms. The molecular weight excluding hydrogens is 280 g/mol. The highest BCUT2D eigenvalue weighted by molar-refractivity contribution is 7.89. The van der Waals surface area contributed by atoms with Gasteiger partial charge in [-0.15, -0.1) is 0 Å². The Labute approximate surface area is 115 Å². The second-order valence-corrected chi connectivity index (χ2v) is 5.30. The number of nitrogens with two attached hydrogens (primary N) is 2. The van der Waals surface area contributed by atoms with E-state index >= 15 is 0 Å². The van der Waals surface area contributed by atoms with Crippen LogP contribution < -0.4 is 11.0 Å². The Bertz CT molecular complexity index is 800. The van der Waals surface area contributed by atoms with E-state index in [1.807, 2.05) is 0 Å². The molecule has 0 bridgehead atoms. The molecule has 0 saturated heterocycles. The Hall–Kier alpha value is -2.52. The van der Waals surface area contributed by atoms with Gasteiger partial charge in [-0.1, -0.05) is 18.2 Å². The van der Waals surface area contributed by atoms with Crippen molar-refractivity contribution in [3.63, 3.8) is 0 Å². The van der Waals surface area contributed by atoms with Gasteiger partial charge in [0.25, 0.3) is 0 Å². The smallest absolute Gasteiger partial charge is 0.238 e. The molecule has 0 spiro atoms. The van der Waals surface area contributed by atoms with Crippen molar-refractivity contribution in [3.8, 4) is 0 Å². The maximum Gasteiger partial charge on any atom is 0.238 e. The summed E-state index contributed by atoms with van der Waals surface area (Å²) in [6, 6.07) is 7.89. The number of rotatable bonds is 1. The molecule has 4 N–H and O–H groups in total. The van der Waals surface area contributed by atoms with E-state index in [4.69, 9.17) is 11.0 Å². The van der Waals surface area contributed by atoms with E-state index in [9.17, 15) is 8.42 Å². The molecule has 8 nitrogen and oxygen atoms in total. The van der Waals surface area contributed by atoms with Gasteiger partial charge in [0.15, 0.2) is 5.65 Å². The zero-order valence-corrected chi connectivity index (χ0v) is 11.1. The van der Waals surface area contributed by atoms with Crippen LogP contribution >= 0.6 is 0 Å². The van der Waals surface area contributed by atoms with Gasteiger partial charge in [0.1, 0.15) is 18.2 Å². The average molecular weight is 292 g/mol. The zero-order chi connectivity index (χ0) is 14.6. The molecule has 20 heavy (non-hydrogen) atoms. The van der Waals surface area contributed by atoms with Crippen molar-refractivity contribution in [2.75, 3.05) is 5.84 Å². The summed E-state index contributed by atoms with van der Waals surface area (Å²) in [4.78, 5) is 11.8. The number of primary sulfonamides is 1. The van der Waals surface area contributed by atoms with Crippen LogP contribution in [0.15, 0.2) is 54.1 Å². The van der Waals surface area contributed by atoms with Gasteiger partial charge < -0.3 is 5.84 Å². The highest BCUT2D eigenvalue weighted by Gasteiger charge is 2.03. The van der Waals surface area contributed by atoms with Crippen molar-refractivity contribution < 1.29 is 8.42 Å². The van der Waals surface area contributed by atoms with Gasteiger partial charge in [0.05, 0.1) is 11.1 Å². The molecule has 0 atom stereocenters. The van der Waals surface area contributed by atoms with E-state index in [0.717, 1.165) is 0 Å². The molecule has 1 aromatic carbocycles. The van der Waals surface area contributed by atoms with Crippen LogP contribution in [0, 0.1) is 0 Å². The van der Waals surface area contributed by atoms with Crippen LogP contribution in [0.5, 0.6) is 0 Å². The number of fused-ring (bicyclic) bond motifs is 1. The molecule has 0 unspecified atom stereocenters. The molecular formula is C11H12N6O2S. The van der Waals surface area contributed by atoms with Gasteiger partial charge in [-0.05, 0) is 12.1 Å². The largest absolute Gasteiger partial charge is 0.336 e. The number of nitrogen functional groups attached to an aromatic ring is 1. The fraction of sp³-hybridized carbons (Fsp3) is 0. The number of hydrogen-bond donors (Lipinski definition) is 2. The molecule has 2 aromatic heterocycles. The fourth-order valence-electron chi connectivity index (χ4n) is 1.40. The first kappa shape index (κ1) is 13.9. The maximum absolute atomic E-state index is 10.6. The normalized spacial score (nSPS) is 10.8. The molecule has 0 aliphatic rings. The van der Waals surface area contributed by atoms with E-state index < -0.39 is 10.0 Å².